The van der Waals surface area contributed by atoms with Crippen LogP contribution in [0.25, 0.3) is 0 Å². The van der Waals surface area contributed by atoms with Gasteiger partial charge in [-0.15, -0.1) is 0 Å². The molecule has 134 valence electrons. The van der Waals surface area contributed by atoms with Crippen LogP contribution in [0.15, 0.2) is 18.2 Å². The molecule has 0 aliphatic rings. The van der Waals surface area contributed by atoms with Gasteiger partial charge in [0.1, 0.15) is 17.9 Å². The summed E-state index contributed by atoms with van der Waals surface area (Å²) in [6, 6.07) is 4.72. The highest BCUT2D eigenvalue weighted by atomic mass is 16.7. The van der Waals surface area contributed by atoms with E-state index in [9.17, 15) is 9.59 Å². The van der Waals surface area contributed by atoms with E-state index in [0.29, 0.717) is 5.75 Å². The number of methoxy groups -OCH3 is 1. The Kier molecular flexibility index (Phi) is 7.22. The van der Waals surface area contributed by atoms with Crippen molar-refractivity contribution in [1.82, 2.24) is 0 Å². The van der Waals surface area contributed by atoms with Crippen molar-refractivity contribution < 1.29 is 23.8 Å². The van der Waals surface area contributed by atoms with Gasteiger partial charge in [0.05, 0.1) is 7.11 Å². The highest BCUT2D eigenvalue weighted by molar-refractivity contribution is 5.76. The lowest BCUT2D eigenvalue weighted by atomic mass is 9.94. The van der Waals surface area contributed by atoms with Gasteiger partial charge < -0.3 is 19.9 Å². The maximum absolute atomic E-state index is 12.1. The number of para-hydroxylation sites is 1. The molecule has 0 aliphatic heterocycles. The zero-order valence-corrected chi connectivity index (χ0v) is 15.2. The third-order valence-electron chi connectivity index (χ3n) is 3.77. The topological polar surface area (TPSA) is 87.9 Å². The van der Waals surface area contributed by atoms with Crippen molar-refractivity contribution in [3.8, 4) is 5.75 Å². The average molecular weight is 337 g/mol. The van der Waals surface area contributed by atoms with Crippen LogP contribution in [0.1, 0.15) is 57.6 Å². The van der Waals surface area contributed by atoms with E-state index in [2.05, 4.69) is 4.74 Å². The Bertz CT molecular complexity index is 557. The van der Waals surface area contributed by atoms with E-state index < -0.39 is 24.3 Å². The minimum atomic E-state index is -1.06. The first-order valence-corrected chi connectivity index (χ1v) is 8.03. The first-order valence-electron chi connectivity index (χ1n) is 8.03. The highest BCUT2D eigenvalue weighted by Gasteiger charge is 2.27. The minimum Gasteiger partial charge on any atom is -0.468 e. The summed E-state index contributed by atoms with van der Waals surface area (Å²) in [6.45, 7) is 9.60. The molecule has 6 nitrogen and oxygen atoms in total. The second kappa shape index (κ2) is 8.68. The van der Waals surface area contributed by atoms with Crippen LogP contribution in [0.5, 0.6) is 5.75 Å². The Balaban J connectivity index is 2.96. The van der Waals surface area contributed by atoms with Gasteiger partial charge in [0.25, 0.3) is 0 Å². The van der Waals surface area contributed by atoms with Crippen molar-refractivity contribution >= 4 is 12.1 Å². The maximum atomic E-state index is 12.1. The fourth-order valence-corrected chi connectivity index (χ4v) is 2.26. The van der Waals surface area contributed by atoms with Gasteiger partial charge in [-0.05, 0) is 29.9 Å². The average Bonchev–Trinajstić information content (AvgIpc) is 2.52. The number of hydrogen-bond acceptors (Lipinski definition) is 6. The van der Waals surface area contributed by atoms with Crippen molar-refractivity contribution in [2.75, 3.05) is 7.11 Å². The second-order valence-corrected chi connectivity index (χ2v) is 6.30. The lowest BCUT2D eigenvalue weighted by Gasteiger charge is -2.21. The first kappa shape index (κ1) is 20.0. The number of benzene rings is 1. The Hall–Kier alpha value is -2.08. The van der Waals surface area contributed by atoms with Crippen molar-refractivity contribution in [3.63, 3.8) is 0 Å². The molecule has 1 aromatic rings. The molecule has 1 aromatic carbocycles. The summed E-state index contributed by atoms with van der Waals surface area (Å²) in [5.74, 6) is 0.217. The quantitative estimate of drug-likeness (QED) is 0.633. The molecule has 0 spiro atoms. The van der Waals surface area contributed by atoms with Gasteiger partial charge in [0.15, 0.2) is 0 Å². The summed E-state index contributed by atoms with van der Waals surface area (Å²) in [7, 11) is 1.22. The van der Waals surface area contributed by atoms with E-state index in [0.717, 1.165) is 11.1 Å². The van der Waals surface area contributed by atoms with Crippen LogP contribution in [-0.4, -0.2) is 31.4 Å². The smallest absolute Gasteiger partial charge is 0.468 e. The summed E-state index contributed by atoms with van der Waals surface area (Å²) >= 11 is 0. The minimum absolute atomic E-state index is 0.182. The summed E-state index contributed by atoms with van der Waals surface area (Å²) in [6.07, 6.45) is -1.75. The highest BCUT2D eigenvalue weighted by Crippen LogP contribution is 2.34. The predicted octanol–water partition coefficient (Wildman–Crippen LogP) is 3.34. The summed E-state index contributed by atoms with van der Waals surface area (Å²) < 4.78 is 15.1. The van der Waals surface area contributed by atoms with Crippen LogP contribution in [-0.2, 0) is 14.3 Å². The van der Waals surface area contributed by atoms with Gasteiger partial charge in [-0.1, -0.05) is 45.9 Å². The molecule has 0 bridgehead atoms. The Morgan fingerprint density at radius 2 is 1.50 bits per heavy atom. The molecule has 1 rings (SSSR count). The maximum Gasteiger partial charge on any atom is 0.514 e. The molecule has 0 radical (unpaired) electrons. The molecule has 0 saturated heterocycles. The molecule has 0 heterocycles. The number of carbonyl (C=O) groups excluding carboxylic acids is 2. The van der Waals surface area contributed by atoms with Gasteiger partial charge in [-0.2, -0.15) is 0 Å². The largest absolute Gasteiger partial charge is 0.514 e. The summed E-state index contributed by atoms with van der Waals surface area (Å²) in [4.78, 5) is 23.5. The lowest BCUT2D eigenvalue weighted by molar-refractivity contribution is -0.144. The van der Waals surface area contributed by atoms with E-state index in [-0.39, 0.29) is 11.8 Å². The Morgan fingerprint density at radius 3 is 1.92 bits per heavy atom. The number of carbonyl (C=O) groups is 2. The van der Waals surface area contributed by atoms with Crippen molar-refractivity contribution in [2.45, 2.75) is 58.6 Å². The molecule has 0 aliphatic carbocycles. The molecule has 0 amide bonds. The first-order chi connectivity index (χ1) is 11.2. The summed E-state index contributed by atoms with van der Waals surface area (Å²) in [5.41, 5.74) is 7.50. The summed E-state index contributed by atoms with van der Waals surface area (Å²) in [5, 5.41) is 0. The molecular weight excluding hydrogens is 310 g/mol. The third-order valence-corrected chi connectivity index (χ3v) is 3.77. The van der Waals surface area contributed by atoms with Crippen LogP contribution in [0.2, 0.25) is 0 Å². The van der Waals surface area contributed by atoms with E-state index in [1.54, 1.807) is 0 Å². The number of ether oxygens (including phenoxy) is 3. The number of nitrogens with two attached hydrogens (primary N) is 1. The second-order valence-electron chi connectivity index (χ2n) is 6.30. The van der Waals surface area contributed by atoms with Crippen molar-refractivity contribution in [3.05, 3.63) is 29.3 Å². The standard InChI is InChI=1S/C18H27NO5/c1-10(2)13-8-7-9-14(11(3)4)16(13)24-18(21)23-12(5)15(19)17(20)22-6/h7-12,15H,19H2,1-6H3. The molecule has 0 fully saturated rings. The zero-order valence-electron chi connectivity index (χ0n) is 15.2. The number of hydrogen-bond donors (Lipinski definition) is 1. The van der Waals surface area contributed by atoms with Crippen molar-refractivity contribution in [1.29, 1.82) is 0 Å². The molecule has 24 heavy (non-hydrogen) atoms. The van der Waals surface area contributed by atoms with Gasteiger partial charge in [0, 0.05) is 0 Å². The molecule has 2 N–H and O–H groups in total. The van der Waals surface area contributed by atoms with E-state index in [1.165, 1.54) is 14.0 Å². The van der Waals surface area contributed by atoms with Gasteiger partial charge in [-0.25, -0.2) is 4.79 Å². The predicted molar refractivity (Wildman–Crippen MR) is 91.2 cm³/mol. The molecular formula is C18H27NO5. The van der Waals surface area contributed by atoms with Crippen LogP contribution >= 0.6 is 0 Å². The number of esters is 1. The SMILES string of the molecule is COC(=O)C(N)C(C)OC(=O)Oc1c(C(C)C)cccc1C(C)C. The van der Waals surface area contributed by atoms with Crippen LogP contribution in [0.3, 0.4) is 0 Å². The fourth-order valence-electron chi connectivity index (χ4n) is 2.26. The zero-order chi connectivity index (χ0) is 18.4. The number of rotatable bonds is 6. The van der Waals surface area contributed by atoms with Crippen LogP contribution in [0.4, 0.5) is 4.79 Å². The van der Waals surface area contributed by atoms with Gasteiger partial charge >= 0.3 is 12.1 Å². The normalized spacial score (nSPS) is 13.5. The molecule has 2 atom stereocenters. The lowest BCUT2D eigenvalue weighted by Crippen LogP contribution is -2.43. The van der Waals surface area contributed by atoms with Crippen molar-refractivity contribution in [2.24, 2.45) is 5.73 Å². The Morgan fingerprint density at radius 1 is 1.00 bits per heavy atom. The van der Waals surface area contributed by atoms with Crippen LogP contribution < -0.4 is 10.5 Å². The van der Waals surface area contributed by atoms with E-state index in [1.807, 2.05) is 45.9 Å². The molecule has 0 saturated carbocycles. The monoisotopic (exact) mass is 337 g/mol. The molecule has 0 aromatic heterocycles. The van der Waals surface area contributed by atoms with Gasteiger partial charge in [-0.3, -0.25) is 4.79 Å². The van der Waals surface area contributed by atoms with Crippen LogP contribution in [0, 0.1) is 0 Å². The molecule has 6 heteroatoms. The fraction of sp³-hybridized carbons (Fsp3) is 0.556. The molecule has 2 unspecified atom stereocenters. The third kappa shape index (κ3) is 4.96. The van der Waals surface area contributed by atoms with E-state index in [4.69, 9.17) is 15.2 Å². The van der Waals surface area contributed by atoms with E-state index >= 15 is 0 Å². The van der Waals surface area contributed by atoms with Gasteiger partial charge in [0.2, 0.25) is 0 Å². The Labute approximate surface area is 143 Å².